The summed E-state index contributed by atoms with van der Waals surface area (Å²) < 4.78 is 26.8. The highest BCUT2D eigenvalue weighted by Crippen LogP contribution is 2.35. The van der Waals surface area contributed by atoms with Gasteiger partial charge in [-0.15, -0.1) is 0 Å². The van der Waals surface area contributed by atoms with Crippen molar-refractivity contribution in [2.24, 2.45) is 5.41 Å². The zero-order chi connectivity index (χ0) is 14.5. The van der Waals surface area contributed by atoms with Crippen LogP contribution in [0.4, 0.5) is 0 Å². The third-order valence-corrected chi connectivity index (χ3v) is 6.04. The van der Waals surface area contributed by atoms with Crippen LogP contribution in [0.15, 0.2) is 0 Å². The summed E-state index contributed by atoms with van der Waals surface area (Å²) in [5.41, 5.74) is 0.179. The Hall–Kier alpha value is -0.130. The lowest BCUT2D eigenvalue weighted by atomic mass is 9.76. The average Bonchev–Trinajstić information content (AvgIpc) is 3.21. The van der Waals surface area contributed by atoms with Crippen molar-refractivity contribution in [3.8, 4) is 0 Å². The fourth-order valence-corrected chi connectivity index (χ4v) is 4.25. The third-order valence-electron chi connectivity index (χ3n) is 4.63. The molecule has 20 heavy (non-hydrogen) atoms. The first-order valence-electron chi connectivity index (χ1n) is 8.20. The lowest BCUT2D eigenvalue weighted by Crippen LogP contribution is -2.38. The molecule has 0 unspecified atom stereocenters. The van der Waals surface area contributed by atoms with Crippen molar-refractivity contribution in [2.45, 2.75) is 70.8 Å². The summed E-state index contributed by atoms with van der Waals surface area (Å²) in [5, 5.41) is 3.42. The van der Waals surface area contributed by atoms with Gasteiger partial charge in [-0.25, -0.2) is 13.1 Å². The average molecular weight is 302 g/mol. The first kappa shape index (κ1) is 16.2. The molecule has 2 saturated carbocycles. The molecule has 0 amide bonds. The van der Waals surface area contributed by atoms with Crippen LogP contribution < -0.4 is 10.0 Å². The molecular weight excluding hydrogens is 272 g/mol. The molecule has 0 spiro atoms. The quantitative estimate of drug-likeness (QED) is 0.643. The summed E-state index contributed by atoms with van der Waals surface area (Å²) in [6.07, 6.45) is 10.4. The van der Waals surface area contributed by atoms with Crippen molar-refractivity contribution in [3.05, 3.63) is 0 Å². The van der Waals surface area contributed by atoms with Crippen molar-refractivity contribution < 1.29 is 8.42 Å². The van der Waals surface area contributed by atoms with Gasteiger partial charge in [0.2, 0.25) is 10.0 Å². The first-order valence-corrected chi connectivity index (χ1v) is 9.85. The lowest BCUT2D eigenvalue weighted by Gasteiger charge is -2.33. The van der Waals surface area contributed by atoms with Crippen LogP contribution >= 0.6 is 0 Å². The van der Waals surface area contributed by atoms with Gasteiger partial charge in [0.25, 0.3) is 0 Å². The fraction of sp³-hybridized carbons (Fsp3) is 1.00. The maximum Gasteiger partial charge on any atom is 0.211 e. The maximum atomic E-state index is 12.0. The Balaban J connectivity index is 1.59. The van der Waals surface area contributed by atoms with Gasteiger partial charge in [0.15, 0.2) is 0 Å². The van der Waals surface area contributed by atoms with E-state index in [0.717, 1.165) is 38.3 Å². The number of unbranched alkanes of at least 4 members (excludes halogenated alkanes) is 1. The molecule has 5 heteroatoms. The van der Waals surface area contributed by atoms with E-state index in [0.29, 0.717) is 6.54 Å². The molecular formula is C15H30N2O2S. The second kappa shape index (κ2) is 7.23. The number of nitrogens with one attached hydrogen (secondary N) is 2. The summed E-state index contributed by atoms with van der Waals surface area (Å²) in [4.78, 5) is 0. The minimum Gasteiger partial charge on any atom is -0.314 e. The van der Waals surface area contributed by atoms with Crippen LogP contribution in [0, 0.1) is 5.41 Å². The Morgan fingerprint density at radius 1 is 1.10 bits per heavy atom. The minimum absolute atomic E-state index is 0.179. The van der Waals surface area contributed by atoms with Gasteiger partial charge in [-0.05, 0) is 50.5 Å². The molecule has 2 N–H and O–H groups in total. The van der Waals surface area contributed by atoms with Gasteiger partial charge >= 0.3 is 0 Å². The maximum absolute atomic E-state index is 12.0. The van der Waals surface area contributed by atoms with Gasteiger partial charge in [0.05, 0.1) is 5.75 Å². The molecule has 0 aromatic rings. The van der Waals surface area contributed by atoms with Crippen LogP contribution in [0.1, 0.15) is 64.7 Å². The second-order valence-electron chi connectivity index (χ2n) is 6.95. The molecule has 118 valence electrons. The molecule has 2 aliphatic carbocycles. The van der Waals surface area contributed by atoms with Gasteiger partial charge in [-0.1, -0.05) is 26.2 Å². The largest absolute Gasteiger partial charge is 0.314 e. The van der Waals surface area contributed by atoms with Gasteiger partial charge in [-0.3, -0.25) is 0 Å². The highest BCUT2D eigenvalue weighted by molar-refractivity contribution is 7.89. The first-order chi connectivity index (χ1) is 9.49. The SMILES string of the molecule is CC1(CNS(=O)(=O)CCCCNC2CC2)CCCCC1. The van der Waals surface area contributed by atoms with Crippen LogP contribution in [0.3, 0.4) is 0 Å². The third kappa shape index (κ3) is 6.10. The van der Waals surface area contributed by atoms with Crippen LogP contribution in [-0.4, -0.2) is 33.3 Å². The van der Waals surface area contributed by atoms with Crippen molar-refractivity contribution in [2.75, 3.05) is 18.8 Å². The van der Waals surface area contributed by atoms with E-state index in [2.05, 4.69) is 17.0 Å². The van der Waals surface area contributed by atoms with Gasteiger partial charge in [-0.2, -0.15) is 0 Å². The van der Waals surface area contributed by atoms with Crippen LogP contribution in [0.2, 0.25) is 0 Å². The van der Waals surface area contributed by atoms with Crippen LogP contribution in [-0.2, 0) is 10.0 Å². The summed E-state index contributed by atoms with van der Waals surface area (Å²) in [6.45, 7) is 3.79. The highest BCUT2D eigenvalue weighted by Gasteiger charge is 2.28. The van der Waals surface area contributed by atoms with E-state index in [1.165, 1.54) is 32.1 Å². The van der Waals surface area contributed by atoms with Crippen molar-refractivity contribution in [1.82, 2.24) is 10.0 Å². The van der Waals surface area contributed by atoms with Gasteiger partial charge in [0.1, 0.15) is 0 Å². The number of sulfonamides is 1. The molecule has 2 rings (SSSR count). The van der Waals surface area contributed by atoms with Crippen LogP contribution in [0.25, 0.3) is 0 Å². The van der Waals surface area contributed by atoms with E-state index in [-0.39, 0.29) is 11.2 Å². The standard InChI is InChI=1S/C15H30N2O2S/c1-15(9-3-2-4-10-15)13-17-20(18,19)12-6-5-11-16-14-7-8-14/h14,16-17H,2-13H2,1H3. The zero-order valence-corrected chi connectivity index (χ0v) is 13.6. The number of rotatable bonds is 9. The minimum atomic E-state index is -3.08. The Labute approximate surface area is 124 Å². The predicted octanol–water partition coefficient (Wildman–Crippen LogP) is 2.41. The molecule has 0 aromatic carbocycles. The Morgan fingerprint density at radius 3 is 2.45 bits per heavy atom. The smallest absolute Gasteiger partial charge is 0.211 e. The summed E-state index contributed by atoms with van der Waals surface area (Å²) in [5.74, 6) is 0.273. The number of hydrogen-bond donors (Lipinski definition) is 2. The Bertz CT molecular complexity index is 385. The van der Waals surface area contributed by atoms with E-state index in [1.54, 1.807) is 0 Å². The molecule has 2 fully saturated rings. The van der Waals surface area contributed by atoms with Crippen molar-refractivity contribution in [3.63, 3.8) is 0 Å². The predicted molar refractivity (Wildman–Crippen MR) is 83.2 cm³/mol. The fourth-order valence-electron chi connectivity index (χ4n) is 2.95. The van der Waals surface area contributed by atoms with Crippen molar-refractivity contribution in [1.29, 1.82) is 0 Å². The van der Waals surface area contributed by atoms with Crippen molar-refractivity contribution >= 4 is 10.0 Å². The molecule has 2 aliphatic rings. The summed E-state index contributed by atoms with van der Waals surface area (Å²) in [6, 6.07) is 0.719. The molecule has 0 heterocycles. The molecule has 0 radical (unpaired) electrons. The van der Waals surface area contributed by atoms with E-state index in [4.69, 9.17) is 0 Å². The van der Waals surface area contributed by atoms with E-state index in [1.807, 2.05) is 0 Å². The normalized spacial score (nSPS) is 22.9. The molecule has 0 atom stereocenters. The molecule has 0 aromatic heterocycles. The molecule has 4 nitrogen and oxygen atoms in total. The summed E-state index contributed by atoms with van der Waals surface area (Å²) in [7, 11) is -3.08. The van der Waals surface area contributed by atoms with Crippen LogP contribution in [0.5, 0.6) is 0 Å². The highest BCUT2D eigenvalue weighted by atomic mass is 32.2. The second-order valence-corrected chi connectivity index (χ2v) is 8.87. The monoisotopic (exact) mass is 302 g/mol. The van der Waals surface area contributed by atoms with Gasteiger partial charge in [0, 0.05) is 12.6 Å². The Kier molecular flexibility index (Phi) is 5.87. The van der Waals surface area contributed by atoms with E-state index < -0.39 is 10.0 Å². The topological polar surface area (TPSA) is 58.2 Å². The van der Waals surface area contributed by atoms with E-state index in [9.17, 15) is 8.42 Å². The Morgan fingerprint density at radius 2 is 1.80 bits per heavy atom. The van der Waals surface area contributed by atoms with E-state index >= 15 is 0 Å². The number of hydrogen-bond acceptors (Lipinski definition) is 3. The zero-order valence-electron chi connectivity index (χ0n) is 12.8. The van der Waals surface area contributed by atoms with Gasteiger partial charge < -0.3 is 5.32 Å². The molecule has 0 aliphatic heterocycles. The lowest BCUT2D eigenvalue weighted by molar-refractivity contribution is 0.219. The summed E-state index contributed by atoms with van der Waals surface area (Å²) >= 11 is 0. The molecule has 0 bridgehead atoms. The molecule has 0 saturated heterocycles.